The number of para-hydroxylation sites is 1. The Morgan fingerprint density at radius 3 is 2.33 bits per heavy atom. The standard InChI is InChI=1S/C37H34N4O6S/c1-6-46-29-18-16-24(17-19-29)32-27(21-40(39-32)28-10-8-7-9-11-28)20-30-34(42)41-33(25-12-14-26(15-13-25)35(43)45-5)31(36(44)47-22(2)3)23(4)38-37(41)48-30/h7-22,33H,6H2,1-5H3. The molecule has 3 aromatic carbocycles. The minimum atomic E-state index is -0.834. The Labute approximate surface area is 280 Å². The predicted molar refractivity (Wildman–Crippen MR) is 183 cm³/mol. The Bertz CT molecular complexity index is 2190. The van der Waals surface area contributed by atoms with Crippen LogP contribution in [-0.4, -0.2) is 46.1 Å². The highest BCUT2D eigenvalue weighted by Crippen LogP contribution is 2.32. The first-order valence-electron chi connectivity index (χ1n) is 15.5. The topological polar surface area (TPSA) is 114 Å². The minimum Gasteiger partial charge on any atom is -0.494 e. The van der Waals surface area contributed by atoms with Crippen LogP contribution >= 0.6 is 11.3 Å². The lowest BCUT2D eigenvalue weighted by atomic mass is 9.95. The first-order chi connectivity index (χ1) is 23.2. The number of thiazole rings is 1. The van der Waals surface area contributed by atoms with Gasteiger partial charge in [-0.25, -0.2) is 19.3 Å². The lowest BCUT2D eigenvalue weighted by Crippen LogP contribution is -2.40. The van der Waals surface area contributed by atoms with Gasteiger partial charge in [-0.3, -0.25) is 9.36 Å². The highest BCUT2D eigenvalue weighted by Gasteiger charge is 2.34. The van der Waals surface area contributed by atoms with Crippen molar-refractivity contribution in [2.45, 2.75) is 39.8 Å². The number of methoxy groups -OCH3 is 1. The van der Waals surface area contributed by atoms with E-state index >= 15 is 0 Å². The van der Waals surface area contributed by atoms with E-state index in [9.17, 15) is 14.4 Å². The Morgan fingerprint density at radius 1 is 0.979 bits per heavy atom. The second kappa shape index (κ2) is 13.7. The maximum Gasteiger partial charge on any atom is 0.338 e. The van der Waals surface area contributed by atoms with E-state index in [0.29, 0.717) is 38.5 Å². The largest absolute Gasteiger partial charge is 0.494 e. The first kappa shape index (κ1) is 32.4. The molecule has 0 spiro atoms. The highest BCUT2D eigenvalue weighted by atomic mass is 32.1. The number of hydrogen-bond acceptors (Lipinski definition) is 9. The quantitative estimate of drug-likeness (QED) is 0.199. The summed E-state index contributed by atoms with van der Waals surface area (Å²) in [5.41, 5.74) is 4.46. The van der Waals surface area contributed by atoms with Crippen LogP contribution in [0.4, 0.5) is 0 Å². The SMILES string of the molecule is CCOc1ccc(-c2nn(-c3ccccc3)cc2C=c2sc3n(c2=O)C(c2ccc(C(=O)OC)cc2)C(C(=O)OC(C)C)=C(C)N=3)cc1. The normalized spacial score (nSPS) is 14.5. The number of carbonyl (C=O) groups is 2. The molecule has 6 rings (SSSR count). The summed E-state index contributed by atoms with van der Waals surface area (Å²) in [5.74, 6) is -0.305. The molecule has 2 aromatic heterocycles. The van der Waals surface area contributed by atoms with Gasteiger partial charge in [0.1, 0.15) is 11.4 Å². The van der Waals surface area contributed by atoms with Gasteiger partial charge in [0.05, 0.1) is 52.9 Å². The molecule has 0 fully saturated rings. The van der Waals surface area contributed by atoms with Crippen molar-refractivity contribution in [3.05, 3.63) is 133 Å². The number of fused-ring (bicyclic) bond motifs is 1. The van der Waals surface area contributed by atoms with Crippen molar-refractivity contribution in [2.75, 3.05) is 13.7 Å². The maximum absolute atomic E-state index is 14.4. The van der Waals surface area contributed by atoms with E-state index in [4.69, 9.17) is 24.3 Å². The molecule has 0 radical (unpaired) electrons. The van der Waals surface area contributed by atoms with Crippen molar-refractivity contribution in [1.82, 2.24) is 14.3 Å². The van der Waals surface area contributed by atoms with Crippen molar-refractivity contribution < 1.29 is 23.8 Å². The smallest absolute Gasteiger partial charge is 0.338 e. The summed E-state index contributed by atoms with van der Waals surface area (Å²) >= 11 is 1.23. The molecular weight excluding hydrogens is 628 g/mol. The number of allylic oxidation sites excluding steroid dienone is 1. The van der Waals surface area contributed by atoms with Crippen LogP contribution in [0.2, 0.25) is 0 Å². The van der Waals surface area contributed by atoms with E-state index in [1.165, 1.54) is 23.0 Å². The van der Waals surface area contributed by atoms with Crippen LogP contribution in [0, 0.1) is 0 Å². The summed E-state index contributed by atoms with van der Waals surface area (Å²) in [4.78, 5) is 45.1. The van der Waals surface area contributed by atoms with Crippen molar-refractivity contribution in [3.8, 4) is 22.7 Å². The van der Waals surface area contributed by atoms with Crippen molar-refractivity contribution in [3.63, 3.8) is 0 Å². The summed E-state index contributed by atoms with van der Waals surface area (Å²) in [5, 5.41) is 4.91. The van der Waals surface area contributed by atoms with Gasteiger partial charge in [-0.1, -0.05) is 41.7 Å². The van der Waals surface area contributed by atoms with Crippen LogP contribution in [-0.2, 0) is 14.3 Å². The van der Waals surface area contributed by atoms with Crippen LogP contribution in [0.15, 0.2) is 106 Å². The first-order valence-corrected chi connectivity index (χ1v) is 16.3. The monoisotopic (exact) mass is 662 g/mol. The number of esters is 2. The van der Waals surface area contributed by atoms with Crippen LogP contribution in [0.5, 0.6) is 5.75 Å². The minimum absolute atomic E-state index is 0.250. The van der Waals surface area contributed by atoms with E-state index in [1.54, 1.807) is 49.7 Å². The second-order valence-corrected chi connectivity index (χ2v) is 12.3. The van der Waals surface area contributed by atoms with E-state index < -0.39 is 18.0 Å². The third kappa shape index (κ3) is 6.37. The molecule has 1 aliphatic heterocycles. The van der Waals surface area contributed by atoms with Gasteiger partial charge >= 0.3 is 11.9 Å². The lowest BCUT2D eigenvalue weighted by Gasteiger charge is -2.25. The molecule has 0 saturated heterocycles. The van der Waals surface area contributed by atoms with Gasteiger partial charge < -0.3 is 14.2 Å². The highest BCUT2D eigenvalue weighted by molar-refractivity contribution is 7.07. The molecule has 0 N–H and O–H groups in total. The van der Waals surface area contributed by atoms with Gasteiger partial charge in [0.15, 0.2) is 4.80 Å². The van der Waals surface area contributed by atoms with E-state index in [-0.39, 0.29) is 17.2 Å². The van der Waals surface area contributed by atoms with Crippen LogP contribution in [0.25, 0.3) is 23.0 Å². The average Bonchev–Trinajstić information content (AvgIpc) is 3.64. The zero-order valence-electron chi connectivity index (χ0n) is 27.2. The number of aromatic nitrogens is 3. The number of benzene rings is 3. The van der Waals surface area contributed by atoms with E-state index in [2.05, 4.69) is 0 Å². The lowest BCUT2D eigenvalue weighted by molar-refractivity contribution is -0.143. The summed E-state index contributed by atoms with van der Waals surface area (Å²) < 4.78 is 19.8. The number of ether oxygens (including phenoxy) is 3. The van der Waals surface area contributed by atoms with E-state index in [0.717, 1.165) is 22.6 Å². The molecule has 11 heteroatoms. The predicted octanol–water partition coefficient (Wildman–Crippen LogP) is 5.22. The van der Waals surface area contributed by atoms with Gasteiger partial charge in [0, 0.05) is 17.3 Å². The Kier molecular flexibility index (Phi) is 9.22. The molecule has 1 unspecified atom stereocenters. The number of carbonyl (C=O) groups excluding carboxylic acids is 2. The van der Waals surface area contributed by atoms with Gasteiger partial charge in [-0.2, -0.15) is 5.10 Å². The Balaban J connectivity index is 1.52. The maximum atomic E-state index is 14.4. The Hall–Kier alpha value is -5.55. The summed E-state index contributed by atoms with van der Waals surface area (Å²) in [6.07, 6.45) is 3.32. The summed E-state index contributed by atoms with van der Waals surface area (Å²) in [7, 11) is 1.31. The fraction of sp³-hybridized carbons (Fsp3) is 0.216. The molecular formula is C37H34N4O6S. The fourth-order valence-corrected chi connectivity index (χ4v) is 6.58. The van der Waals surface area contributed by atoms with Crippen LogP contribution < -0.4 is 19.6 Å². The molecule has 0 saturated carbocycles. The average molecular weight is 663 g/mol. The van der Waals surface area contributed by atoms with Gasteiger partial charge in [0.25, 0.3) is 5.56 Å². The van der Waals surface area contributed by atoms with Gasteiger partial charge in [-0.05, 0) is 87.9 Å². The Morgan fingerprint density at radius 2 is 1.69 bits per heavy atom. The molecule has 0 amide bonds. The van der Waals surface area contributed by atoms with Crippen molar-refractivity contribution in [2.24, 2.45) is 4.99 Å². The second-order valence-electron chi connectivity index (χ2n) is 11.3. The fourth-order valence-electron chi connectivity index (χ4n) is 5.54. The van der Waals surface area contributed by atoms with Gasteiger partial charge in [0.2, 0.25) is 0 Å². The van der Waals surface area contributed by atoms with Crippen LogP contribution in [0.1, 0.15) is 55.2 Å². The molecule has 0 bridgehead atoms. The third-order valence-electron chi connectivity index (χ3n) is 7.72. The molecule has 3 heterocycles. The number of hydrogen-bond donors (Lipinski definition) is 0. The zero-order valence-corrected chi connectivity index (χ0v) is 28.0. The molecule has 1 atom stereocenters. The molecule has 10 nitrogen and oxygen atoms in total. The summed E-state index contributed by atoms with van der Waals surface area (Å²) in [6, 6.07) is 23.2. The van der Waals surface area contributed by atoms with Crippen LogP contribution in [0.3, 0.4) is 0 Å². The molecule has 244 valence electrons. The molecule has 48 heavy (non-hydrogen) atoms. The summed E-state index contributed by atoms with van der Waals surface area (Å²) in [6.45, 7) is 7.75. The molecule has 1 aliphatic rings. The number of nitrogens with zero attached hydrogens (tertiary/aromatic N) is 4. The number of rotatable bonds is 9. The van der Waals surface area contributed by atoms with Gasteiger partial charge in [-0.15, -0.1) is 0 Å². The van der Waals surface area contributed by atoms with E-state index in [1.807, 2.05) is 73.8 Å². The zero-order chi connectivity index (χ0) is 33.9. The third-order valence-corrected chi connectivity index (χ3v) is 8.70. The van der Waals surface area contributed by atoms with Crippen molar-refractivity contribution in [1.29, 1.82) is 0 Å². The molecule has 0 aliphatic carbocycles. The van der Waals surface area contributed by atoms with Crippen molar-refractivity contribution >= 4 is 29.4 Å². The molecule has 5 aromatic rings.